The largest absolute Gasteiger partial charge is 0.341 e. The Bertz CT molecular complexity index is 780. The van der Waals surface area contributed by atoms with Gasteiger partial charge in [-0.15, -0.1) is 12.4 Å². The van der Waals surface area contributed by atoms with Gasteiger partial charge in [-0.3, -0.25) is 4.99 Å². The van der Waals surface area contributed by atoms with E-state index in [4.69, 9.17) is 0 Å². The van der Waals surface area contributed by atoms with Crippen molar-refractivity contribution in [3.63, 3.8) is 0 Å². The van der Waals surface area contributed by atoms with Gasteiger partial charge in [0.1, 0.15) is 0 Å². The number of hydrogen-bond acceptors (Lipinski definition) is 2. The van der Waals surface area contributed by atoms with Crippen molar-refractivity contribution >= 4 is 18.6 Å². The molecule has 0 bridgehead atoms. The predicted octanol–water partition coefficient (Wildman–Crippen LogP) is 6.22. The fraction of sp³-hybridized carbons (Fsp3) is 0.640. The Labute approximate surface area is 176 Å². The summed E-state index contributed by atoms with van der Waals surface area (Å²) in [7, 11) is 0. The summed E-state index contributed by atoms with van der Waals surface area (Å²) in [6.07, 6.45) is 25.7. The maximum atomic E-state index is 4.68. The second kappa shape index (κ2) is 7.52. The van der Waals surface area contributed by atoms with Crippen LogP contribution in [0.3, 0.4) is 0 Å². The van der Waals surface area contributed by atoms with Gasteiger partial charge in [-0.25, -0.2) is 0 Å². The zero-order valence-corrected chi connectivity index (χ0v) is 17.7. The minimum atomic E-state index is 0. The minimum absolute atomic E-state index is 0. The summed E-state index contributed by atoms with van der Waals surface area (Å²) in [4.78, 5) is 7.51. The van der Waals surface area contributed by atoms with Gasteiger partial charge in [-0.2, -0.15) is 0 Å². The highest BCUT2D eigenvalue weighted by atomic mass is 35.5. The van der Waals surface area contributed by atoms with E-state index in [1.807, 2.05) is 5.57 Å². The molecule has 3 heterocycles. The standard InChI is InChI=1S/C25H32N2.ClH/c1-2-6-17(5-1)15-19-10-12-21-22-16-26-14-13-24(22)27-23-8-4-3-7-18(23)9-11-20(19)25(21)27;/h3,7,9,13-14,17,19,21-23H,1-2,4-6,8,10-12,15-16H2;1H/t19?,21-,22-,23?;/m1./s1. The van der Waals surface area contributed by atoms with Gasteiger partial charge in [0.15, 0.2) is 0 Å². The van der Waals surface area contributed by atoms with Crippen molar-refractivity contribution < 1.29 is 0 Å². The zero-order valence-electron chi connectivity index (χ0n) is 16.9. The molecule has 0 radical (unpaired) electrons. The molecule has 3 heteroatoms. The van der Waals surface area contributed by atoms with Crippen molar-refractivity contribution in [3.05, 3.63) is 46.8 Å². The Hall–Kier alpha value is -1.28. The van der Waals surface area contributed by atoms with Crippen molar-refractivity contribution in [2.24, 2.45) is 28.7 Å². The quantitative estimate of drug-likeness (QED) is 0.541. The summed E-state index contributed by atoms with van der Waals surface area (Å²) in [6, 6.07) is 0.581. The lowest BCUT2D eigenvalue weighted by atomic mass is 9.72. The molecule has 2 fully saturated rings. The van der Waals surface area contributed by atoms with Crippen LogP contribution < -0.4 is 0 Å². The molecule has 0 aromatic heterocycles. The van der Waals surface area contributed by atoms with E-state index in [-0.39, 0.29) is 12.4 Å². The van der Waals surface area contributed by atoms with Crippen LogP contribution in [0, 0.1) is 23.7 Å². The number of hydrogen-bond donors (Lipinski definition) is 0. The van der Waals surface area contributed by atoms with Crippen LogP contribution in [0.2, 0.25) is 0 Å². The molecule has 0 aromatic rings. The van der Waals surface area contributed by atoms with Crippen LogP contribution in [0.5, 0.6) is 0 Å². The van der Waals surface area contributed by atoms with Gasteiger partial charge in [-0.05, 0) is 67.6 Å². The highest BCUT2D eigenvalue weighted by Crippen LogP contribution is 2.55. The minimum Gasteiger partial charge on any atom is -0.341 e. The van der Waals surface area contributed by atoms with Crippen LogP contribution in [0.4, 0.5) is 0 Å². The molecule has 1 saturated heterocycles. The summed E-state index contributed by atoms with van der Waals surface area (Å²) in [5.74, 6) is 3.22. The molecule has 3 aliphatic heterocycles. The molecule has 1 saturated carbocycles. The third kappa shape index (κ3) is 2.86. The number of allylic oxidation sites excluding steroid dienone is 5. The maximum Gasteiger partial charge on any atom is 0.0585 e. The molecule has 0 N–H and O–H groups in total. The lowest BCUT2D eigenvalue weighted by Crippen LogP contribution is -2.35. The highest BCUT2D eigenvalue weighted by molar-refractivity contribution is 5.85. The van der Waals surface area contributed by atoms with Crippen molar-refractivity contribution in [1.82, 2.24) is 4.90 Å². The van der Waals surface area contributed by atoms with Gasteiger partial charge in [0, 0.05) is 36.0 Å². The van der Waals surface area contributed by atoms with Crippen molar-refractivity contribution in [2.45, 2.75) is 70.3 Å². The number of aliphatic imine (C=N–C) groups is 1. The molecule has 6 rings (SSSR count). The Balaban J connectivity index is 0.00000171. The molecule has 3 aliphatic carbocycles. The van der Waals surface area contributed by atoms with E-state index < -0.39 is 0 Å². The zero-order chi connectivity index (χ0) is 17.8. The van der Waals surface area contributed by atoms with Gasteiger partial charge < -0.3 is 4.90 Å². The van der Waals surface area contributed by atoms with E-state index in [0.717, 1.165) is 24.3 Å². The molecular formula is C25H33ClN2. The van der Waals surface area contributed by atoms with Crippen LogP contribution in [0.25, 0.3) is 0 Å². The van der Waals surface area contributed by atoms with Gasteiger partial charge in [0.05, 0.1) is 6.04 Å². The molecule has 0 amide bonds. The monoisotopic (exact) mass is 396 g/mol. The summed E-state index contributed by atoms with van der Waals surface area (Å²) in [5.41, 5.74) is 6.76. The number of halogens is 1. The summed E-state index contributed by atoms with van der Waals surface area (Å²) in [5, 5.41) is 0. The second-order valence-corrected chi connectivity index (χ2v) is 9.66. The molecule has 150 valence electrons. The average molecular weight is 397 g/mol. The van der Waals surface area contributed by atoms with Gasteiger partial charge in [0.2, 0.25) is 0 Å². The number of dihydropyridines is 1. The fourth-order valence-corrected chi connectivity index (χ4v) is 7.11. The molecule has 2 nitrogen and oxygen atoms in total. The SMILES string of the molecule is C1=CC2=CCC3=C4[C@H](CCC3CC3CCCC3)[C@H]3CN=CC=C3N4C2CC1.Cl. The van der Waals surface area contributed by atoms with E-state index in [9.17, 15) is 0 Å². The molecule has 6 aliphatic rings. The Morgan fingerprint density at radius 1 is 1.04 bits per heavy atom. The van der Waals surface area contributed by atoms with Crippen LogP contribution >= 0.6 is 12.4 Å². The van der Waals surface area contributed by atoms with Crippen molar-refractivity contribution in [1.29, 1.82) is 0 Å². The van der Waals surface area contributed by atoms with Crippen LogP contribution in [-0.2, 0) is 0 Å². The number of fused-ring (bicyclic) bond motifs is 5. The first kappa shape index (κ1) is 18.7. The van der Waals surface area contributed by atoms with Crippen LogP contribution in [0.15, 0.2) is 51.8 Å². The Morgan fingerprint density at radius 3 is 2.82 bits per heavy atom. The lowest BCUT2D eigenvalue weighted by molar-refractivity contribution is 0.295. The van der Waals surface area contributed by atoms with E-state index in [1.165, 1.54) is 64.2 Å². The van der Waals surface area contributed by atoms with Crippen molar-refractivity contribution in [2.75, 3.05) is 6.54 Å². The number of rotatable bonds is 2. The first-order chi connectivity index (χ1) is 13.4. The normalized spacial score (nSPS) is 36.2. The molecule has 0 aromatic carbocycles. The first-order valence-corrected chi connectivity index (χ1v) is 11.5. The number of nitrogens with zero attached hydrogens (tertiary/aromatic N) is 2. The first-order valence-electron chi connectivity index (χ1n) is 11.5. The van der Waals surface area contributed by atoms with E-state index >= 15 is 0 Å². The topological polar surface area (TPSA) is 15.6 Å². The second-order valence-electron chi connectivity index (χ2n) is 9.66. The molecule has 0 spiro atoms. The Kier molecular flexibility index (Phi) is 5.03. The molecule has 2 unspecified atom stereocenters. The Morgan fingerprint density at radius 2 is 1.93 bits per heavy atom. The average Bonchev–Trinajstić information content (AvgIpc) is 3.29. The lowest BCUT2D eigenvalue weighted by Gasteiger charge is -2.38. The molecular weight excluding hydrogens is 364 g/mol. The molecule has 4 atom stereocenters. The van der Waals surface area contributed by atoms with E-state index in [2.05, 4.69) is 40.4 Å². The third-order valence-electron chi connectivity index (χ3n) is 8.32. The summed E-state index contributed by atoms with van der Waals surface area (Å²) in [6.45, 7) is 1.01. The van der Waals surface area contributed by atoms with Gasteiger partial charge in [0.25, 0.3) is 0 Å². The third-order valence-corrected chi connectivity index (χ3v) is 8.32. The van der Waals surface area contributed by atoms with Crippen LogP contribution in [-0.4, -0.2) is 23.7 Å². The summed E-state index contributed by atoms with van der Waals surface area (Å²) >= 11 is 0. The van der Waals surface area contributed by atoms with E-state index in [0.29, 0.717) is 12.0 Å². The molecule has 28 heavy (non-hydrogen) atoms. The fourth-order valence-electron chi connectivity index (χ4n) is 7.11. The smallest absolute Gasteiger partial charge is 0.0585 e. The summed E-state index contributed by atoms with van der Waals surface area (Å²) < 4.78 is 0. The van der Waals surface area contributed by atoms with E-state index in [1.54, 1.807) is 17.0 Å². The van der Waals surface area contributed by atoms with Crippen molar-refractivity contribution in [3.8, 4) is 0 Å². The predicted molar refractivity (Wildman–Crippen MR) is 119 cm³/mol. The highest BCUT2D eigenvalue weighted by Gasteiger charge is 2.49. The maximum absolute atomic E-state index is 4.68. The van der Waals surface area contributed by atoms with Crippen LogP contribution in [0.1, 0.15) is 64.2 Å². The van der Waals surface area contributed by atoms with Gasteiger partial charge in [-0.1, -0.05) is 43.9 Å². The van der Waals surface area contributed by atoms with Gasteiger partial charge >= 0.3 is 0 Å².